The van der Waals surface area contributed by atoms with Crippen LogP contribution in [0.4, 0.5) is 4.79 Å². The number of nitrogens with one attached hydrogen (secondary N) is 2. The number of amides is 2. The largest absolute Gasteiger partial charge is 0.464 e. The van der Waals surface area contributed by atoms with Gasteiger partial charge >= 0.3 is 5.97 Å². The van der Waals surface area contributed by atoms with E-state index < -0.39 is 6.04 Å². The van der Waals surface area contributed by atoms with Crippen LogP contribution < -0.4 is 10.6 Å². The second-order valence-corrected chi connectivity index (χ2v) is 3.92. The summed E-state index contributed by atoms with van der Waals surface area (Å²) in [4.78, 5) is 32.5. The van der Waals surface area contributed by atoms with E-state index in [9.17, 15) is 14.4 Å². The van der Waals surface area contributed by atoms with Gasteiger partial charge in [-0.25, -0.2) is 0 Å². The molecule has 1 fully saturated rings. The van der Waals surface area contributed by atoms with Crippen LogP contribution in [-0.4, -0.2) is 42.1 Å². The van der Waals surface area contributed by atoms with E-state index >= 15 is 0 Å². The van der Waals surface area contributed by atoms with E-state index in [1.54, 1.807) is 0 Å². The predicted octanol–water partition coefficient (Wildman–Crippen LogP) is 0.517. The molecule has 0 radical (unpaired) electrons. The number of carbonyl (C=O) groups excluding carboxylic acids is 3. The molecule has 98 valence electrons. The molecule has 6 nitrogen and oxygen atoms in total. The highest BCUT2D eigenvalue weighted by atomic mass is 32.2. The highest BCUT2D eigenvalue weighted by molar-refractivity contribution is 8.14. The molecule has 0 aromatic carbocycles. The molecule has 0 bridgehead atoms. The average molecular weight is 262 g/mol. The van der Waals surface area contributed by atoms with Crippen LogP contribution in [0.25, 0.3) is 0 Å². The Morgan fingerprint density at radius 2 is 2.18 bits per heavy atom. The molecular weight excluding hydrogens is 244 g/mol. The first-order valence-electron chi connectivity index (χ1n) is 5.44. The number of hydrogen-bond donors (Lipinski definition) is 2. The first kappa shape index (κ1) is 15.8. The SMILES string of the molecule is CC.CC(=O)OCCNC(=O)[C@@H]1CSC(=O)N1. The summed E-state index contributed by atoms with van der Waals surface area (Å²) in [6.45, 7) is 5.71. The number of rotatable bonds is 4. The predicted molar refractivity (Wildman–Crippen MR) is 65.8 cm³/mol. The fraction of sp³-hybridized carbons (Fsp3) is 0.700. The van der Waals surface area contributed by atoms with E-state index in [2.05, 4.69) is 15.4 Å². The number of hydrogen-bond acceptors (Lipinski definition) is 5. The molecular formula is C10H18N2O4S. The molecule has 0 spiro atoms. The van der Waals surface area contributed by atoms with Gasteiger partial charge in [-0.15, -0.1) is 0 Å². The van der Waals surface area contributed by atoms with Crippen molar-refractivity contribution in [2.24, 2.45) is 0 Å². The summed E-state index contributed by atoms with van der Waals surface area (Å²) in [5.41, 5.74) is 0. The van der Waals surface area contributed by atoms with Crippen molar-refractivity contribution < 1.29 is 19.1 Å². The second-order valence-electron chi connectivity index (χ2n) is 2.93. The molecule has 1 aliphatic heterocycles. The number of ether oxygens (including phenoxy) is 1. The van der Waals surface area contributed by atoms with Crippen LogP contribution in [0.3, 0.4) is 0 Å². The zero-order valence-corrected chi connectivity index (χ0v) is 11.1. The van der Waals surface area contributed by atoms with E-state index in [0.717, 1.165) is 11.8 Å². The summed E-state index contributed by atoms with van der Waals surface area (Å²) < 4.78 is 4.63. The molecule has 2 N–H and O–H groups in total. The third-order valence-corrected chi connectivity index (χ3v) is 2.58. The number of esters is 1. The van der Waals surface area contributed by atoms with Crippen LogP contribution in [0.15, 0.2) is 0 Å². The normalized spacial score (nSPS) is 17.6. The van der Waals surface area contributed by atoms with Crippen molar-refractivity contribution in [1.82, 2.24) is 10.6 Å². The second kappa shape index (κ2) is 8.86. The highest BCUT2D eigenvalue weighted by Crippen LogP contribution is 2.12. The molecule has 1 heterocycles. The summed E-state index contributed by atoms with van der Waals surface area (Å²) >= 11 is 1.08. The standard InChI is InChI=1S/C8H12N2O4S.C2H6/c1-5(11)14-3-2-9-7(12)6-4-15-8(13)10-6;1-2/h6H,2-4H2,1H3,(H,9,12)(H,10,13);1-2H3/t6-;/m0./s1. The molecule has 1 atom stereocenters. The smallest absolute Gasteiger partial charge is 0.302 e. The van der Waals surface area contributed by atoms with Gasteiger partial charge in [-0.1, -0.05) is 25.6 Å². The molecule has 7 heteroatoms. The Morgan fingerprint density at radius 1 is 1.53 bits per heavy atom. The van der Waals surface area contributed by atoms with Gasteiger partial charge in [0.1, 0.15) is 12.6 Å². The molecule has 1 saturated heterocycles. The third-order valence-electron chi connectivity index (χ3n) is 1.70. The fourth-order valence-electron chi connectivity index (χ4n) is 1.02. The van der Waals surface area contributed by atoms with Crippen LogP contribution >= 0.6 is 11.8 Å². The maximum absolute atomic E-state index is 11.4. The molecule has 0 saturated carbocycles. The van der Waals surface area contributed by atoms with Crippen LogP contribution in [-0.2, 0) is 14.3 Å². The summed E-state index contributed by atoms with van der Waals surface area (Å²) in [6.07, 6.45) is 0. The molecule has 0 aromatic rings. The van der Waals surface area contributed by atoms with Crippen LogP contribution in [0.2, 0.25) is 0 Å². The minimum atomic E-state index is -0.472. The zero-order chi connectivity index (χ0) is 13.3. The van der Waals surface area contributed by atoms with Gasteiger partial charge < -0.3 is 15.4 Å². The maximum Gasteiger partial charge on any atom is 0.302 e. The van der Waals surface area contributed by atoms with Gasteiger partial charge in [0.05, 0.1) is 6.54 Å². The highest BCUT2D eigenvalue weighted by Gasteiger charge is 2.27. The van der Waals surface area contributed by atoms with Crippen molar-refractivity contribution in [3.8, 4) is 0 Å². The van der Waals surface area contributed by atoms with Crippen molar-refractivity contribution in [2.75, 3.05) is 18.9 Å². The summed E-state index contributed by atoms with van der Waals surface area (Å²) in [6, 6.07) is -0.472. The summed E-state index contributed by atoms with van der Waals surface area (Å²) in [5.74, 6) is -0.187. The molecule has 0 aliphatic carbocycles. The van der Waals surface area contributed by atoms with Crippen LogP contribution in [0.1, 0.15) is 20.8 Å². The van der Waals surface area contributed by atoms with Crippen LogP contribution in [0, 0.1) is 0 Å². The molecule has 0 unspecified atom stereocenters. The van der Waals surface area contributed by atoms with Crippen molar-refractivity contribution in [2.45, 2.75) is 26.8 Å². The van der Waals surface area contributed by atoms with Gasteiger partial charge in [0.15, 0.2) is 0 Å². The lowest BCUT2D eigenvalue weighted by Crippen LogP contribution is -2.43. The van der Waals surface area contributed by atoms with Gasteiger partial charge in [0.2, 0.25) is 5.91 Å². The third kappa shape index (κ3) is 6.83. The van der Waals surface area contributed by atoms with Crippen molar-refractivity contribution in [3.63, 3.8) is 0 Å². The molecule has 17 heavy (non-hydrogen) atoms. The number of carbonyl (C=O) groups is 3. The quantitative estimate of drug-likeness (QED) is 0.570. The van der Waals surface area contributed by atoms with E-state index in [0.29, 0.717) is 5.75 Å². The Kier molecular flexibility index (Phi) is 8.21. The minimum Gasteiger partial charge on any atom is -0.464 e. The topological polar surface area (TPSA) is 84.5 Å². The first-order chi connectivity index (χ1) is 8.09. The molecule has 1 rings (SSSR count). The fourth-order valence-corrected chi connectivity index (χ4v) is 1.80. The lowest BCUT2D eigenvalue weighted by Gasteiger charge is -2.09. The Bertz CT molecular complexity index is 283. The lowest BCUT2D eigenvalue weighted by atomic mass is 10.3. The van der Waals surface area contributed by atoms with Crippen molar-refractivity contribution >= 4 is 28.9 Å². The Hall–Kier alpha value is -1.24. The minimum absolute atomic E-state index is 0.148. The van der Waals surface area contributed by atoms with Crippen molar-refractivity contribution in [3.05, 3.63) is 0 Å². The molecule has 2 amide bonds. The van der Waals surface area contributed by atoms with E-state index in [1.165, 1.54) is 6.92 Å². The van der Waals surface area contributed by atoms with E-state index in [1.807, 2.05) is 13.8 Å². The zero-order valence-electron chi connectivity index (χ0n) is 10.2. The Balaban J connectivity index is 0.00000121. The van der Waals surface area contributed by atoms with Crippen molar-refractivity contribution in [1.29, 1.82) is 0 Å². The Labute approximate surface area is 105 Å². The first-order valence-corrected chi connectivity index (χ1v) is 6.42. The van der Waals surface area contributed by atoms with Gasteiger partial charge in [-0.05, 0) is 0 Å². The number of thioether (sulfide) groups is 1. The average Bonchev–Trinajstić information content (AvgIpc) is 2.73. The van der Waals surface area contributed by atoms with Gasteiger partial charge in [-0.3, -0.25) is 14.4 Å². The van der Waals surface area contributed by atoms with Gasteiger partial charge in [0, 0.05) is 12.7 Å². The van der Waals surface area contributed by atoms with E-state index in [-0.39, 0.29) is 30.3 Å². The van der Waals surface area contributed by atoms with E-state index in [4.69, 9.17) is 0 Å². The Morgan fingerprint density at radius 3 is 2.65 bits per heavy atom. The summed E-state index contributed by atoms with van der Waals surface area (Å²) in [7, 11) is 0. The molecule has 0 aromatic heterocycles. The molecule has 1 aliphatic rings. The monoisotopic (exact) mass is 262 g/mol. The van der Waals surface area contributed by atoms with Crippen LogP contribution in [0.5, 0.6) is 0 Å². The summed E-state index contributed by atoms with van der Waals surface area (Å²) in [5, 5.41) is 4.88. The lowest BCUT2D eigenvalue weighted by molar-refractivity contribution is -0.141. The maximum atomic E-state index is 11.4. The van der Waals surface area contributed by atoms with Gasteiger partial charge in [0.25, 0.3) is 5.24 Å². The van der Waals surface area contributed by atoms with Gasteiger partial charge in [-0.2, -0.15) is 0 Å².